The Morgan fingerprint density at radius 2 is 1.90 bits per heavy atom. The van der Waals surface area contributed by atoms with Crippen LogP contribution in [0.15, 0.2) is 53.9 Å². The van der Waals surface area contributed by atoms with Crippen LogP contribution in [0, 0.1) is 17.0 Å². The van der Waals surface area contributed by atoms with E-state index in [9.17, 15) is 19.7 Å². The number of nitrogens with one attached hydrogen (secondary N) is 1. The average Bonchev–Trinajstić information content (AvgIpc) is 3.12. The fraction of sp³-hybridized carbons (Fsp3) is 0.143. The standard InChI is InChI=1S/C21H18N2O5S/c1-3-28-21(25)18-16(14-7-5-4-6-8-14)12-29-20(18)22-19(24)15-9-10-17(23(26)27)13(2)11-15/h4-12H,3H2,1-2H3,(H,22,24). The molecule has 0 saturated heterocycles. The van der Waals surface area contributed by atoms with Crippen molar-refractivity contribution in [2.45, 2.75) is 13.8 Å². The van der Waals surface area contributed by atoms with Crippen LogP contribution in [-0.4, -0.2) is 23.4 Å². The molecule has 0 aliphatic heterocycles. The molecule has 0 atom stereocenters. The lowest BCUT2D eigenvalue weighted by Crippen LogP contribution is -2.15. The van der Waals surface area contributed by atoms with Crippen molar-refractivity contribution in [3.05, 3.63) is 80.7 Å². The third-order valence-corrected chi connectivity index (χ3v) is 5.13. The molecule has 29 heavy (non-hydrogen) atoms. The Bertz CT molecular complexity index is 1080. The molecule has 1 heterocycles. The van der Waals surface area contributed by atoms with Crippen LogP contribution in [0.2, 0.25) is 0 Å². The molecule has 8 heteroatoms. The topological polar surface area (TPSA) is 98.5 Å². The van der Waals surface area contributed by atoms with Gasteiger partial charge in [-0.25, -0.2) is 4.79 Å². The molecule has 1 N–H and O–H groups in total. The smallest absolute Gasteiger partial charge is 0.341 e. The highest BCUT2D eigenvalue weighted by Crippen LogP contribution is 2.36. The lowest BCUT2D eigenvalue weighted by Gasteiger charge is -2.09. The van der Waals surface area contributed by atoms with E-state index < -0.39 is 16.8 Å². The number of aryl methyl sites for hydroxylation is 1. The Balaban J connectivity index is 1.95. The highest BCUT2D eigenvalue weighted by molar-refractivity contribution is 7.15. The lowest BCUT2D eigenvalue weighted by molar-refractivity contribution is -0.385. The number of esters is 1. The first kappa shape index (κ1) is 20.2. The molecule has 3 rings (SSSR count). The Morgan fingerprint density at radius 3 is 2.52 bits per heavy atom. The van der Waals surface area contributed by atoms with Crippen molar-refractivity contribution in [2.24, 2.45) is 0 Å². The number of carbonyl (C=O) groups is 2. The second-order valence-electron chi connectivity index (χ2n) is 6.15. The van der Waals surface area contributed by atoms with Gasteiger partial charge in [-0.3, -0.25) is 14.9 Å². The maximum atomic E-state index is 12.7. The minimum Gasteiger partial charge on any atom is -0.462 e. The number of carbonyl (C=O) groups excluding carboxylic acids is 2. The summed E-state index contributed by atoms with van der Waals surface area (Å²) < 4.78 is 5.18. The number of nitro benzene ring substituents is 1. The molecule has 0 fully saturated rings. The van der Waals surface area contributed by atoms with Gasteiger partial charge in [0.15, 0.2) is 0 Å². The van der Waals surface area contributed by atoms with Crippen LogP contribution in [0.3, 0.4) is 0 Å². The minimum absolute atomic E-state index is 0.0590. The van der Waals surface area contributed by atoms with Crippen molar-refractivity contribution >= 4 is 33.9 Å². The Labute approximate surface area is 171 Å². The number of rotatable bonds is 6. The van der Waals surface area contributed by atoms with Gasteiger partial charge < -0.3 is 10.1 Å². The zero-order chi connectivity index (χ0) is 21.0. The van der Waals surface area contributed by atoms with E-state index in [-0.39, 0.29) is 23.4 Å². The first-order valence-electron chi connectivity index (χ1n) is 8.82. The van der Waals surface area contributed by atoms with Gasteiger partial charge in [-0.15, -0.1) is 11.3 Å². The monoisotopic (exact) mass is 410 g/mol. The van der Waals surface area contributed by atoms with E-state index in [2.05, 4.69) is 5.32 Å². The molecule has 7 nitrogen and oxygen atoms in total. The highest BCUT2D eigenvalue weighted by Gasteiger charge is 2.23. The SMILES string of the molecule is CCOC(=O)c1c(-c2ccccc2)csc1NC(=O)c1ccc([N+](=O)[O-])c(C)c1. The molecule has 2 aromatic carbocycles. The van der Waals surface area contributed by atoms with Crippen LogP contribution >= 0.6 is 11.3 Å². The molecule has 1 aromatic heterocycles. The molecule has 3 aromatic rings. The molecule has 0 aliphatic carbocycles. The number of benzene rings is 2. The van der Waals surface area contributed by atoms with E-state index in [0.717, 1.165) is 5.56 Å². The second-order valence-corrected chi connectivity index (χ2v) is 7.03. The molecule has 148 valence electrons. The minimum atomic E-state index is -0.525. The molecule has 0 spiro atoms. The van der Waals surface area contributed by atoms with Gasteiger partial charge in [-0.2, -0.15) is 0 Å². The summed E-state index contributed by atoms with van der Waals surface area (Å²) in [6.45, 7) is 3.49. The van der Waals surface area contributed by atoms with Gasteiger partial charge in [0.05, 0.1) is 11.5 Å². The van der Waals surface area contributed by atoms with Gasteiger partial charge >= 0.3 is 5.97 Å². The molecule has 0 saturated carbocycles. The Morgan fingerprint density at radius 1 is 1.17 bits per heavy atom. The molecule has 0 bridgehead atoms. The van der Waals surface area contributed by atoms with Crippen molar-refractivity contribution in [3.8, 4) is 11.1 Å². The molecule has 0 unspecified atom stereocenters. The predicted octanol–water partition coefficient (Wildman–Crippen LogP) is 5.06. The van der Waals surface area contributed by atoms with Crippen LogP contribution < -0.4 is 5.32 Å². The number of thiophene rings is 1. The number of nitro groups is 1. The van der Waals surface area contributed by atoms with Gasteiger partial charge in [-0.1, -0.05) is 30.3 Å². The summed E-state index contributed by atoms with van der Waals surface area (Å²) in [5.41, 5.74) is 2.37. The number of ether oxygens (including phenoxy) is 1. The maximum absolute atomic E-state index is 12.7. The van der Waals surface area contributed by atoms with Crippen molar-refractivity contribution in [3.63, 3.8) is 0 Å². The fourth-order valence-electron chi connectivity index (χ4n) is 2.86. The predicted molar refractivity (Wildman–Crippen MR) is 111 cm³/mol. The lowest BCUT2D eigenvalue weighted by atomic mass is 10.0. The van der Waals surface area contributed by atoms with Gasteiger partial charge in [0.25, 0.3) is 11.6 Å². The zero-order valence-electron chi connectivity index (χ0n) is 15.8. The highest BCUT2D eigenvalue weighted by atomic mass is 32.1. The number of amides is 1. The van der Waals surface area contributed by atoms with Crippen LogP contribution in [0.4, 0.5) is 10.7 Å². The zero-order valence-corrected chi connectivity index (χ0v) is 16.6. The van der Waals surface area contributed by atoms with Crippen molar-refractivity contribution in [2.75, 3.05) is 11.9 Å². The molecular weight excluding hydrogens is 392 g/mol. The number of hydrogen-bond acceptors (Lipinski definition) is 6. The number of nitrogens with zero attached hydrogens (tertiary/aromatic N) is 1. The van der Waals surface area contributed by atoms with E-state index in [1.54, 1.807) is 19.2 Å². The van der Waals surface area contributed by atoms with Crippen LogP contribution in [0.1, 0.15) is 33.2 Å². The van der Waals surface area contributed by atoms with Crippen LogP contribution in [0.25, 0.3) is 11.1 Å². The number of hydrogen-bond donors (Lipinski definition) is 1. The van der Waals surface area contributed by atoms with Crippen molar-refractivity contribution in [1.29, 1.82) is 0 Å². The fourth-order valence-corrected chi connectivity index (χ4v) is 3.82. The molecule has 0 aliphatic rings. The Kier molecular flexibility index (Phi) is 6.04. The van der Waals surface area contributed by atoms with E-state index in [1.807, 2.05) is 30.3 Å². The summed E-state index contributed by atoms with van der Waals surface area (Å²) in [5, 5.41) is 15.9. The first-order chi connectivity index (χ1) is 13.9. The van der Waals surface area contributed by atoms with E-state index >= 15 is 0 Å². The third kappa shape index (κ3) is 4.33. The molecule has 0 radical (unpaired) electrons. The van der Waals surface area contributed by atoms with Gasteiger partial charge in [0.1, 0.15) is 10.6 Å². The third-order valence-electron chi connectivity index (χ3n) is 4.24. The van der Waals surface area contributed by atoms with Crippen LogP contribution in [0.5, 0.6) is 0 Å². The first-order valence-corrected chi connectivity index (χ1v) is 9.70. The maximum Gasteiger partial charge on any atom is 0.341 e. The summed E-state index contributed by atoms with van der Waals surface area (Å²) in [7, 11) is 0. The number of anilines is 1. The second kappa shape index (κ2) is 8.66. The van der Waals surface area contributed by atoms with Gasteiger partial charge in [-0.05, 0) is 31.5 Å². The van der Waals surface area contributed by atoms with Crippen molar-refractivity contribution < 1.29 is 19.2 Å². The summed E-state index contributed by atoms with van der Waals surface area (Å²) in [5.74, 6) is -0.988. The van der Waals surface area contributed by atoms with Gasteiger partial charge in [0.2, 0.25) is 0 Å². The van der Waals surface area contributed by atoms with Crippen LogP contribution in [-0.2, 0) is 4.74 Å². The normalized spacial score (nSPS) is 10.4. The Hall–Kier alpha value is -3.52. The largest absolute Gasteiger partial charge is 0.462 e. The average molecular weight is 410 g/mol. The quantitative estimate of drug-likeness (QED) is 0.348. The molecular formula is C21H18N2O5S. The van der Waals surface area contributed by atoms with E-state index in [4.69, 9.17) is 4.74 Å². The van der Waals surface area contributed by atoms with E-state index in [1.165, 1.54) is 29.5 Å². The summed E-state index contributed by atoms with van der Waals surface area (Å²) >= 11 is 1.22. The van der Waals surface area contributed by atoms with Gasteiger partial charge in [0, 0.05) is 28.1 Å². The summed E-state index contributed by atoms with van der Waals surface area (Å²) in [6, 6.07) is 13.5. The van der Waals surface area contributed by atoms with E-state index in [0.29, 0.717) is 16.1 Å². The summed E-state index contributed by atoms with van der Waals surface area (Å²) in [6.07, 6.45) is 0. The molecule has 1 amide bonds. The van der Waals surface area contributed by atoms with Crippen molar-refractivity contribution in [1.82, 2.24) is 0 Å². The summed E-state index contributed by atoms with van der Waals surface area (Å²) in [4.78, 5) is 35.7.